The summed E-state index contributed by atoms with van der Waals surface area (Å²) in [6, 6.07) is 11.6. The van der Waals surface area contributed by atoms with E-state index in [0.717, 1.165) is 41.8 Å². The minimum Gasteiger partial charge on any atom is -0.493 e. The Balaban J connectivity index is 1.51. The van der Waals surface area contributed by atoms with Gasteiger partial charge in [-0.1, -0.05) is 32.4 Å². The van der Waals surface area contributed by atoms with Crippen LogP contribution >= 0.6 is 0 Å². The van der Waals surface area contributed by atoms with Crippen molar-refractivity contribution in [2.75, 3.05) is 11.5 Å². The molecule has 2 aromatic heterocycles. The van der Waals surface area contributed by atoms with E-state index < -0.39 is 0 Å². The van der Waals surface area contributed by atoms with Gasteiger partial charge in [-0.3, -0.25) is 14.3 Å². The number of fused-ring (bicyclic) bond motifs is 1. The fraction of sp³-hybridized carbons (Fsp3) is 0.406. The van der Waals surface area contributed by atoms with Gasteiger partial charge in [-0.15, -0.1) is 0 Å². The highest BCUT2D eigenvalue weighted by atomic mass is 16.5. The third-order valence-corrected chi connectivity index (χ3v) is 7.92. The number of rotatable bonds is 9. The van der Waals surface area contributed by atoms with Crippen molar-refractivity contribution in [1.82, 2.24) is 19.7 Å². The lowest BCUT2D eigenvalue weighted by Gasteiger charge is -2.28. The lowest BCUT2D eigenvalue weighted by atomic mass is 9.90. The number of anilines is 1. The molecule has 1 aliphatic rings. The average Bonchev–Trinajstić information content (AvgIpc) is 3.44. The zero-order valence-corrected chi connectivity index (χ0v) is 24.3. The first-order chi connectivity index (χ1) is 19.8. The number of hydrogen-bond donors (Lipinski definition) is 1. The Morgan fingerprint density at radius 3 is 2.63 bits per heavy atom. The highest BCUT2D eigenvalue weighted by molar-refractivity contribution is 5.97. The number of carbonyl (C=O) groups excluding carboxylic acids is 1. The second kappa shape index (κ2) is 11.6. The summed E-state index contributed by atoms with van der Waals surface area (Å²) in [6.07, 6.45) is 3.59. The minimum atomic E-state index is -0.238. The van der Waals surface area contributed by atoms with Crippen LogP contribution in [0, 0.1) is 19.4 Å². The van der Waals surface area contributed by atoms with Crippen LogP contribution in [0.5, 0.6) is 5.75 Å². The molecular weight excluding hydrogens is 516 g/mol. The second-order valence-electron chi connectivity index (χ2n) is 10.7. The zero-order chi connectivity index (χ0) is 29.3. The van der Waals surface area contributed by atoms with Crippen molar-refractivity contribution in [3.05, 3.63) is 75.0 Å². The number of nitrogens with one attached hydrogen (secondary N) is 1. The smallest absolute Gasteiger partial charge is 0.277 e. The first kappa shape index (κ1) is 28.1. The Morgan fingerprint density at radius 1 is 1.15 bits per heavy atom. The van der Waals surface area contributed by atoms with Gasteiger partial charge < -0.3 is 14.6 Å². The maximum absolute atomic E-state index is 13.3. The molecule has 0 unspecified atom stereocenters. The van der Waals surface area contributed by atoms with Crippen molar-refractivity contribution >= 4 is 28.3 Å². The summed E-state index contributed by atoms with van der Waals surface area (Å²) >= 11 is 0. The summed E-state index contributed by atoms with van der Waals surface area (Å²) in [5, 5.41) is 4.54. The molecule has 2 aromatic carbocycles. The standard InChI is InChI=1S/C32H36N6O3/c1-7-10-25-29-30(37(6)36-25)32(40)35-31(34-29)23-17-20(11-14-27(23)41-9-3)16-21-18-28(39)38(26(21)8-2)22-12-13-24(33-5)19(4)15-22/h11-15,17,21,26H,7-10,16,18H2,1-4,6H3,(H,34,35,40)/t21-,26-/m0/s1. The van der Waals surface area contributed by atoms with Gasteiger partial charge in [0.2, 0.25) is 5.91 Å². The van der Waals surface area contributed by atoms with Crippen LogP contribution in [0.3, 0.4) is 0 Å². The lowest BCUT2D eigenvalue weighted by molar-refractivity contribution is -0.117. The molecule has 9 nitrogen and oxygen atoms in total. The van der Waals surface area contributed by atoms with Crippen LogP contribution in [0.2, 0.25) is 0 Å². The Kier molecular flexibility index (Phi) is 7.93. The number of hydrogen-bond acceptors (Lipinski definition) is 5. The fourth-order valence-electron chi connectivity index (χ4n) is 6.08. The summed E-state index contributed by atoms with van der Waals surface area (Å²) in [6.45, 7) is 15.8. The van der Waals surface area contributed by atoms with E-state index in [0.29, 0.717) is 53.3 Å². The van der Waals surface area contributed by atoms with Crippen LogP contribution in [0.1, 0.15) is 56.9 Å². The second-order valence-corrected chi connectivity index (χ2v) is 10.7. The Morgan fingerprint density at radius 2 is 1.95 bits per heavy atom. The zero-order valence-electron chi connectivity index (χ0n) is 24.3. The molecule has 5 rings (SSSR count). The van der Waals surface area contributed by atoms with Crippen LogP contribution in [0.25, 0.3) is 27.3 Å². The van der Waals surface area contributed by atoms with E-state index >= 15 is 0 Å². The van der Waals surface area contributed by atoms with Crippen molar-refractivity contribution in [1.29, 1.82) is 0 Å². The van der Waals surface area contributed by atoms with E-state index in [4.69, 9.17) is 16.3 Å². The monoisotopic (exact) mass is 552 g/mol. The van der Waals surface area contributed by atoms with Gasteiger partial charge in [0.25, 0.3) is 5.56 Å². The number of aryl methyl sites for hydroxylation is 3. The largest absolute Gasteiger partial charge is 0.493 e. The fourth-order valence-corrected chi connectivity index (χ4v) is 6.08. The molecule has 1 amide bonds. The molecule has 41 heavy (non-hydrogen) atoms. The lowest BCUT2D eigenvalue weighted by Crippen LogP contribution is -2.35. The van der Waals surface area contributed by atoms with Gasteiger partial charge in [0.1, 0.15) is 17.1 Å². The highest BCUT2D eigenvalue weighted by Gasteiger charge is 2.39. The summed E-state index contributed by atoms with van der Waals surface area (Å²) in [4.78, 5) is 39.7. The number of nitrogens with zero attached hydrogens (tertiary/aromatic N) is 5. The highest BCUT2D eigenvalue weighted by Crippen LogP contribution is 2.38. The van der Waals surface area contributed by atoms with Crippen LogP contribution in [0.15, 0.2) is 41.2 Å². The summed E-state index contributed by atoms with van der Waals surface area (Å²) in [5.74, 6) is 1.30. The molecule has 0 radical (unpaired) electrons. The molecule has 4 aromatic rings. The maximum atomic E-state index is 13.3. The topological polar surface area (TPSA) is 97.5 Å². The third kappa shape index (κ3) is 5.22. The van der Waals surface area contributed by atoms with Gasteiger partial charge in [0, 0.05) is 25.2 Å². The summed E-state index contributed by atoms with van der Waals surface area (Å²) < 4.78 is 7.55. The van der Waals surface area contributed by atoms with E-state index in [9.17, 15) is 9.59 Å². The van der Waals surface area contributed by atoms with Crippen molar-refractivity contribution < 1.29 is 9.53 Å². The third-order valence-electron chi connectivity index (χ3n) is 7.92. The molecule has 3 heterocycles. The van der Waals surface area contributed by atoms with Crippen LogP contribution in [0.4, 0.5) is 11.4 Å². The van der Waals surface area contributed by atoms with Gasteiger partial charge in [-0.05, 0) is 74.4 Å². The predicted octanol–water partition coefficient (Wildman–Crippen LogP) is 5.91. The number of aromatic nitrogens is 4. The molecule has 0 bridgehead atoms. The van der Waals surface area contributed by atoms with E-state index in [2.05, 4.69) is 28.8 Å². The van der Waals surface area contributed by atoms with E-state index in [-0.39, 0.29) is 23.4 Å². The molecule has 1 fully saturated rings. The molecular formula is C32H36N6O3. The number of amides is 1. The molecule has 9 heteroatoms. The number of ether oxygens (including phenoxy) is 1. The Bertz CT molecular complexity index is 1710. The predicted molar refractivity (Wildman–Crippen MR) is 161 cm³/mol. The number of carbonyl (C=O) groups is 1. The molecule has 212 valence electrons. The minimum absolute atomic E-state index is 0.0389. The van der Waals surface area contributed by atoms with Crippen LogP contribution < -0.4 is 15.2 Å². The summed E-state index contributed by atoms with van der Waals surface area (Å²) in [5.41, 5.74) is 5.72. The van der Waals surface area contributed by atoms with Crippen molar-refractivity contribution in [2.24, 2.45) is 13.0 Å². The van der Waals surface area contributed by atoms with Gasteiger partial charge in [0.05, 0.1) is 24.4 Å². The Hall–Kier alpha value is -4.45. The van der Waals surface area contributed by atoms with Crippen LogP contribution in [-0.2, 0) is 24.7 Å². The maximum Gasteiger partial charge on any atom is 0.277 e. The summed E-state index contributed by atoms with van der Waals surface area (Å²) in [7, 11) is 1.76. The first-order valence-electron chi connectivity index (χ1n) is 14.3. The van der Waals surface area contributed by atoms with E-state index in [1.807, 2.05) is 49.1 Å². The van der Waals surface area contributed by atoms with Gasteiger partial charge >= 0.3 is 0 Å². The van der Waals surface area contributed by atoms with Gasteiger partial charge in [-0.2, -0.15) is 5.10 Å². The molecule has 1 N–H and O–H groups in total. The molecule has 0 aliphatic carbocycles. The SMILES string of the molecule is [C-]#[N+]c1ccc(N2C(=O)C[C@H](Cc3ccc(OCC)c(-c4nc5c(CCC)nn(C)c5c(=O)[nH]4)c3)[C@@H]2CC)cc1C. The quantitative estimate of drug-likeness (QED) is 0.261. The van der Waals surface area contributed by atoms with E-state index in [1.54, 1.807) is 17.8 Å². The van der Waals surface area contributed by atoms with Crippen LogP contribution in [-0.4, -0.2) is 38.3 Å². The number of benzene rings is 2. The molecule has 0 spiro atoms. The van der Waals surface area contributed by atoms with Crippen molar-refractivity contribution in [3.63, 3.8) is 0 Å². The molecule has 0 saturated carbocycles. The number of H-pyrrole nitrogens is 1. The Labute approximate surface area is 240 Å². The van der Waals surface area contributed by atoms with Crippen molar-refractivity contribution in [3.8, 4) is 17.1 Å². The normalized spacial score (nSPS) is 16.9. The van der Waals surface area contributed by atoms with Gasteiger partial charge in [-0.25, -0.2) is 9.83 Å². The molecule has 1 aliphatic heterocycles. The van der Waals surface area contributed by atoms with Crippen molar-refractivity contribution in [2.45, 2.75) is 65.8 Å². The average molecular weight is 553 g/mol. The number of aromatic amines is 1. The first-order valence-corrected chi connectivity index (χ1v) is 14.3. The molecule has 1 saturated heterocycles. The molecule has 2 atom stereocenters. The van der Waals surface area contributed by atoms with Gasteiger partial charge in [0.15, 0.2) is 11.2 Å². The van der Waals surface area contributed by atoms with E-state index in [1.165, 1.54) is 0 Å².